The third-order valence-electron chi connectivity index (χ3n) is 6.55. The summed E-state index contributed by atoms with van der Waals surface area (Å²) >= 11 is -4.00. The SMILES string of the molecule is CC[SiH](CC)[Ti]([Cl])([Cl])([CH]1C=Cc2ccccc21)[CH]1C=Cc2ccccc21. The Balaban J connectivity index is 1.94. The molecule has 0 amide bonds. The molecular formula is C22H25Cl2SiTi. The Bertz CT molecular complexity index is 833. The molecule has 0 heterocycles. The number of rotatable bonds is 5. The summed E-state index contributed by atoms with van der Waals surface area (Å²) in [6.45, 7) is 3.28. The van der Waals surface area contributed by atoms with E-state index >= 15 is 0 Å². The van der Waals surface area contributed by atoms with Gasteiger partial charge in [0.2, 0.25) is 0 Å². The molecule has 0 N–H and O–H groups in total. The second kappa shape index (κ2) is 6.79. The predicted molar refractivity (Wildman–Crippen MR) is 116 cm³/mol. The van der Waals surface area contributed by atoms with E-state index < -0.39 is 19.1 Å². The van der Waals surface area contributed by atoms with Crippen LogP contribution in [0.5, 0.6) is 0 Å². The molecule has 2 aliphatic rings. The summed E-state index contributed by atoms with van der Waals surface area (Å²) in [7, 11) is 15.9. The van der Waals surface area contributed by atoms with E-state index in [1.54, 1.807) is 0 Å². The van der Waals surface area contributed by atoms with E-state index in [2.05, 4.69) is 86.7 Å². The van der Waals surface area contributed by atoms with Crippen LogP contribution in [0.3, 0.4) is 0 Å². The molecule has 0 saturated heterocycles. The van der Waals surface area contributed by atoms with Crippen molar-refractivity contribution in [3.05, 3.63) is 82.9 Å². The van der Waals surface area contributed by atoms with Gasteiger partial charge >= 0.3 is 167 Å². The van der Waals surface area contributed by atoms with E-state index in [4.69, 9.17) is 18.6 Å². The van der Waals surface area contributed by atoms with Crippen LogP contribution in [0.15, 0.2) is 60.7 Å². The van der Waals surface area contributed by atoms with Crippen LogP contribution in [0.25, 0.3) is 12.2 Å². The van der Waals surface area contributed by atoms with Crippen molar-refractivity contribution >= 4 is 37.4 Å². The van der Waals surface area contributed by atoms with Crippen molar-refractivity contribution in [3.8, 4) is 0 Å². The standard InChI is InChI=1S/2C9H7.C4H11Si.2ClH.Ti/c2*1-2-5-9-7-3-6-8(9)4-1;1-3-5-4-2;;;/h2*1-7H;5H,3-4H2,1-2H3;2*1H;/q;;;;;+2/p-2. The molecule has 135 valence electrons. The molecule has 0 radical (unpaired) electrons. The number of allylic oxidation sites excluding steroid dienone is 2. The number of benzene rings is 2. The summed E-state index contributed by atoms with van der Waals surface area (Å²) in [4.78, 5) is 0. The van der Waals surface area contributed by atoms with Crippen LogP contribution >= 0.6 is 18.6 Å². The maximum absolute atomic E-state index is 7.95. The second-order valence-electron chi connectivity index (χ2n) is 7.67. The first-order chi connectivity index (χ1) is 12.5. The molecule has 2 aromatic rings. The third-order valence-corrected chi connectivity index (χ3v) is 41.0. The van der Waals surface area contributed by atoms with Gasteiger partial charge in [-0.15, -0.1) is 0 Å². The summed E-state index contributed by atoms with van der Waals surface area (Å²) in [6, 6.07) is 19.7. The van der Waals surface area contributed by atoms with Gasteiger partial charge in [0, 0.05) is 0 Å². The Morgan fingerprint density at radius 3 is 1.62 bits per heavy atom. The fourth-order valence-electron chi connectivity index (χ4n) is 5.23. The van der Waals surface area contributed by atoms with Crippen LogP contribution < -0.4 is 0 Å². The molecule has 0 spiro atoms. The molecule has 0 fully saturated rings. The van der Waals surface area contributed by atoms with Crippen LogP contribution in [0.2, 0.25) is 12.1 Å². The number of fused-ring (bicyclic) bond motifs is 2. The quantitative estimate of drug-likeness (QED) is 0.432. The second-order valence-corrected chi connectivity index (χ2v) is 36.2. The zero-order valence-electron chi connectivity index (χ0n) is 15.3. The molecular weight excluding hydrogens is 411 g/mol. The summed E-state index contributed by atoms with van der Waals surface area (Å²) in [5, 5.41) is 0. The average Bonchev–Trinajstić information content (AvgIpc) is 3.28. The van der Waals surface area contributed by atoms with E-state index in [0.717, 1.165) is 0 Å². The summed E-state index contributed by atoms with van der Waals surface area (Å²) < 4.78 is 0.424. The minimum atomic E-state index is -4.00. The molecule has 0 aliphatic heterocycles. The predicted octanol–water partition coefficient (Wildman–Crippen LogP) is 7.28. The van der Waals surface area contributed by atoms with Crippen LogP contribution in [0.4, 0.5) is 0 Å². The molecule has 0 bridgehead atoms. The fourth-order valence-corrected chi connectivity index (χ4v) is 38.4. The van der Waals surface area contributed by atoms with Gasteiger partial charge in [0.25, 0.3) is 0 Å². The summed E-state index contributed by atoms with van der Waals surface area (Å²) in [5.74, 6) is 0. The van der Waals surface area contributed by atoms with Gasteiger partial charge in [-0.3, -0.25) is 0 Å². The van der Waals surface area contributed by atoms with Gasteiger partial charge in [-0.2, -0.15) is 0 Å². The van der Waals surface area contributed by atoms with Crippen molar-refractivity contribution in [3.63, 3.8) is 0 Å². The Kier molecular flexibility index (Phi) is 4.91. The van der Waals surface area contributed by atoms with Gasteiger partial charge in [-0.1, -0.05) is 0 Å². The van der Waals surface area contributed by atoms with Crippen molar-refractivity contribution in [2.45, 2.75) is 34.4 Å². The third kappa shape index (κ3) is 2.59. The first-order valence-electron chi connectivity index (χ1n) is 9.62. The number of halogens is 2. The van der Waals surface area contributed by atoms with E-state index in [0.29, 0.717) is 0 Å². The van der Waals surface area contributed by atoms with Gasteiger partial charge in [0.15, 0.2) is 0 Å². The Hall–Kier alpha value is -0.569. The van der Waals surface area contributed by atoms with Crippen molar-refractivity contribution in [1.82, 2.24) is 0 Å². The Labute approximate surface area is 166 Å². The first kappa shape index (κ1) is 18.8. The van der Waals surface area contributed by atoms with Crippen LogP contribution in [-0.2, 0) is 12.4 Å². The average molecular weight is 436 g/mol. The number of hydrogen-bond acceptors (Lipinski definition) is 0. The Morgan fingerprint density at radius 1 is 0.769 bits per heavy atom. The van der Waals surface area contributed by atoms with Crippen LogP contribution in [0, 0.1) is 0 Å². The zero-order chi connectivity index (χ0) is 18.4. The molecule has 26 heavy (non-hydrogen) atoms. The van der Waals surface area contributed by atoms with Crippen LogP contribution in [0.1, 0.15) is 44.5 Å². The monoisotopic (exact) mass is 435 g/mol. The van der Waals surface area contributed by atoms with Crippen molar-refractivity contribution in [2.75, 3.05) is 0 Å². The Morgan fingerprint density at radius 2 is 1.19 bits per heavy atom. The molecule has 2 aromatic carbocycles. The van der Waals surface area contributed by atoms with Crippen molar-refractivity contribution in [2.24, 2.45) is 0 Å². The molecule has 0 saturated carbocycles. The first-order valence-corrected chi connectivity index (χ1v) is 20.6. The van der Waals surface area contributed by atoms with Gasteiger partial charge in [-0.25, -0.2) is 0 Å². The van der Waals surface area contributed by atoms with Crippen LogP contribution in [-0.4, -0.2) is 6.66 Å². The molecule has 4 rings (SSSR count). The van der Waals surface area contributed by atoms with Gasteiger partial charge < -0.3 is 0 Å². The minimum absolute atomic E-state index is 0.212. The summed E-state index contributed by atoms with van der Waals surface area (Å²) in [5.41, 5.74) is 5.30. The molecule has 0 nitrogen and oxygen atoms in total. The van der Waals surface area contributed by atoms with Gasteiger partial charge in [-0.05, 0) is 0 Å². The van der Waals surface area contributed by atoms with E-state index in [1.807, 2.05) is 0 Å². The number of hydrogen-bond donors (Lipinski definition) is 0. The fraction of sp³-hybridized carbons (Fsp3) is 0.273. The summed E-state index contributed by atoms with van der Waals surface area (Å²) in [6.07, 6.45) is 9.16. The molecule has 2 aliphatic carbocycles. The van der Waals surface area contributed by atoms with Crippen molar-refractivity contribution < 1.29 is 12.4 Å². The van der Waals surface area contributed by atoms with Gasteiger partial charge in [0.1, 0.15) is 0 Å². The maximum atomic E-state index is 7.95. The topological polar surface area (TPSA) is 0 Å². The molecule has 0 aromatic heterocycles. The van der Waals surface area contributed by atoms with Gasteiger partial charge in [0.05, 0.1) is 0 Å². The van der Waals surface area contributed by atoms with E-state index in [1.165, 1.54) is 34.3 Å². The molecule has 4 heteroatoms. The van der Waals surface area contributed by atoms with E-state index in [9.17, 15) is 0 Å². The zero-order valence-corrected chi connectivity index (χ0v) is 19.6. The molecule has 2 unspecified atom stereocenters. The van der Waals surface area contributed by atoms with Crippen molar-refractivity contribution in [1.29, 1.82) is 0 Å². The normalized spacial score (nSPS) is 22.3. The van der Waals surface area contributed by atoms with E-state index in [-0.39, 0.29) is 8.45 Å². The molecule has 2 atom stereocenters.